The second-order valence-electron chi connectivity index (χ2n) is 9.07. The Labute approximate surface area is 206 Å². The van der Waals surface area contributed by atoms with Gasteiger partial charge in [0.2, 0.25) is 5.82 Å². The molecule has 3 aromatic rings. The van der Waals surface area contributed by atoms with Crippen molar-refractivity contribution in [3.8, 4) is 28.0 Å². The van der Waals surface area contributed by atoms with Crippen molar-refractivity contribution >= 4 is 5.57 Å². The third-order valence-electron chi connectivity index (χ3n) is 6.68. The van der Waals surface area contributed by atoms with Gasteiger partial charge in [0.15, 0.2) is 11.6 Å². The van der Waals surface area contributed by atoms with Crippen LogP contribution in [0.3, 0.4) is 0 Å². The summed E-state index contributed by atoms with van der Waals surface area (Å²) >= 11 is 0. The lowest BCUT2D eigenvalue weighted by atomic mass is 9.86. The Bertz CT molecular complexity index is 1210. The van der Waals surface area contributed by atoms with Crippen molar-refractivity contribution < 1.29 is 17.9 Å². The number of ether oxygens (including phenoxy) is 1. The first-order valence-electron chi connectivity index (χ1n) is 12.3. The van der Waals surface area contributed by atoms with E-state index in [9.17, 15) is 8.78 Å². The van der Waals surface area contributed by atoms with E-state index in [1.165, 1.54) is 17.7 Å². The van der Waals surface area contributed by atoms with Crippen LogP contribution in [0.5, 0.6) is 5.75 Å². The van der Waals surface area contributed by atoms with Crippen LogP contribution in [0, 0.1) is 23.4 Å². The molecule has 182 valence electrons. The second-order valence-corrected chi connectivity index (χ2v) is 9.07. The zero-order chi connectivity index (χ0) is 24.8. The van der Waals surface area contributed by atoms with Crippen LogP contribution in [0.25, 0.3) is 27.8 Å². The van der Waals surface area contributed by atoms with E-state index in [0.29, 0.717) is 29.2 Å². The van der Waals surface area contributed by atoms with E-state index in [1.807, 2.05) is 12.1 Å². The maximum absolute atomic E-state index is 15.0. The van der Waals surface area contributed by atoms with E-state index in [2.05, 4.69) is 19.6 Å². The number of unbranched alkanes of at least 4 members (excludes halogenated alkanes) is 2. The Hall–Kier alpha value is -3.27. The van der Waals surface area contributed by atoms with Crippen molar-refractivity contribution in [3.05, 3.63) is 96.3 Å². The van der Waals surface area contributed by atoms with Gasteiger partial charge in [0.1, 0.15) is 5.82 Å². The average molecular weight is 477 g/mol. The van der Waals surface area contributed by atoms with Gasteiger partial charge in [-0.05, 0) is 72.1 Å². The monoisotopic (exact) mass is 476 g/mol. The number of rotatable bonds is 9. The van der Waals surface area contributed by atoms with E-state index < -0.39 is 11.6 Å². The first kappa shape index (κ1) is 24.8. The predicted octanol–water partition coefficient (Wildman–Crippen LogP) is 9.38. The van der Waals surface area contributed by atoms with Crippen LogP contribution in [-0.2, 0) is 0 Å². The summed E-state index contributed by atoms with van der Waals surface area (Å²) in [6, 6.07) is 15.1. The third-order valence-corrected chi connectivity index (χ3v) is 6.68. The summed E-state index contributed by atoms with van der Waals surface area (Å²) in [6.45, 7) is 6.29. The molecule has 1 atom stereocenters. The Balaban J connectivity index is 1.51. The van der Waals surface area contributed by atoms with Gasteiger partial charge in [-0.1, -0.05) is 68.3 Å². The van der Waals surface area contributed by atoms with Crippen molar-refractivity contribution in [1.29, 1.82) is 0 Å². The summed E-state index contributed by atoms with van der Waals surface area (Å²) in [7, 11) is 0. The molecule has 1 nitrogen and oxygen atoms in total. The lowest BCUT2D eigenvalue weighted by Gasteiger charge is -2.19. The zero-order valence-corrected chi connectivity index (χ0v) is 20.1. The van der Waals surface area contributed by atoms with Crippen molar-refractivity contribution in [3.63, 3.8) is 0 Å². The van der Waals surface area contributed by atoms with E-state index in [-0.39, 0.29) is 17.1 Å². The van der Waals surface area contributed by atoms with Crippen molar-refractivity contribution in [2.45, 2.75) is 45.4 Å². The van der Waals surface area contributed by atoms with Crippen LogP contribution in [0.4, 0.5) is 13.2 Å². The molecule has 0 aliphatic heterocycles. The van der Waals surface area contributed by atoms with Gasteiger partial charge in [-0.3, -0.25) is 0 Å². The Morgan fingerprint density at radius 3 is 2.20 bits per heavy atom. The Morgan fingerprint density at radius 2 is 1.57 bits per heavy atom. The van der Waals surface area contributed by atoms with Crippen molar-refractivity contribution in [2.75, 3.05) is 6.61 Å². The van der Waals surface area contributed by atoms with Gasteiger partial charge in [-0.15, -0.1) is 6.58 Å². The quantitative estimate of drug-likeness (QED) is 0.221. The summed E-state index contributed by atoms with van der Waals surface area (Å²) in [5.74, 6) is -1.81. The molecule has 0 spiro atoms. The highest BCUT2D eigenvalue weighted by Gasteiger charge is 2.17. The Kier molecular flexibility index (Phi) is 8.12. The lowest BCUT2D eigenvalue weighted by Crippen LogP contribution is -2.02. The SMILES string of the molecule is C=CC1CC=C(c2ccc(-c3ccc(-c4ccc(OCCCCC)c(F)c4F)cc3)c(F)c2)CC1. The molecule has 0 saturated heterocycles. The molecular weight excluding hydrogens is 445 g/mol. The van der Waals surface area contributed by atoms with E-state index in [0.717, 1.165) is 44.1 Å². The smallest absolute Gasteiger partial charge is 0.201 e. The number of halogens is 3. The van der Waals surface area contributed by atoms with Crippen LogP contribution >= 0.6 is 0 Å². The van der Waals surface area contributed by atoms with Gasteiger partial charge in [0.05, 0.1) is 6.61 Å². The van der Waals surface area contributed by atoms with Crippen molar-refractivity contribution in [1.82, 2.24) is 0 Å². The fourth-order valence-corrected chi connectivity index (χ4v) is 4.51. The van der Waals surface area contributed by atoms with Gasteiger partial charge < -0.3 is 4.74 Å². The molecule has 3 aromatic carbocycles. The summed E-state index contributed by atoms with van der Waals surface area (Å²) in [4.78, 5) is 0. The summed E-state index contributed by atoms with van der Waals surface area (Å²) in [5.41, 5.74) is 3.89. The molecule has 0 aromatic heterocycles. The molecular formula is C31H31F3O. The molecule has 4 heteroatoms. The minimum Gasteiger partial charge on any atom is -0.490 e. The van der Waals surface area contributed by atoms with Crippen LogP contribution < -0.4 is 4.74 Å². The van der Waals surface area contributed by atoms with E-state index in [4.69, 9.17) is 4.74 Å². The molecule has 0 amide bonds. The summed E-state index contributed by atoms with van der Waals surface area (Å²) in [6.07, 6.45) is 9.84. The fraction of sp³-hybridized carbons (Fsp3) is 0.290. The second kappa shape index (κ2) is 11.4. The van der Waals surface area contributed by atoms with Gasteiger partial charge >= 0.3 is 0 Å². The number of allylic oxidation sites excluding steroid dienone is 3. The first-order chi connectivity index (χ1) is 17.0. The number of hydrogen-bond acceptors (Lipinski definition) is 1. The molecule has 1 aliphatic carbocycles. The zero-order valence-electron chi connectivity index (χ0n) is 20.1. The maximum Gasteiger partial charge on any atom is 0.201 e. The van der Waals surface area contributed by atoms with Crippen LogP contribution in [0.1, 0.15) is 51.0 Å². The number of hydrogen-bond donors (Lipinski definition) is 0. The molecule has 0 saturated carbocycles. The van der Waals surface area contributed by atoms with Crippen LogP contribution in [-0.4, -0.2) is 6.61 Å². The highest BCUT2D eigenvalue weighted by atomic mass is 19.2. The molecule has 35 heavy (non-hydrogen) atoms. The Morgan fingerprint density at radius 1 is 0.886 bits per heavy atom. The maximum atomic E-state index is 15.0. The minimum atomic E-state index is -0.985. The van der Waals surface area contributed by atoms with Gasteiger partial charge in [-0.2, -0.15) is 4.39 Å². The number of benzene rings is 3. The third kappa shape index (κ3) is 5.70. The van der Waals surface area contributed by atoms with Gasteiger partial charge in [0, 0.05) is 11.1 Å². The predicted molar refractivity (Wildman–Crippen MR) is 138 cm³/mol. The first-order valence-corrected chi connectivity index (χ1v) is 12.3. The molecule has 0 fully saturated rings. The van der Waals surface area contributed by atoms with Crippen molar-refractivity contribution in [2.24, 2.45) is 5.92 Å². The van der Waals surface area contributed by atoms with Gasteiger partial charge in [-0.25, -0.2) is 8.78 Å². The molecule has 0 bridgehead atoms. The van der Waals surface area contributed by atoms with Gasteiger partial charge in [0.25, 0.3) is 0 Å². The standard InChI is InChI=1S/C31H31F3O/c1-3-5-6-19-35-29-18-17-27(30(33)31(29)34)24-13-11-23(12-14-24)26-16-15-25(20-28(26)32)22-9-7-21(4-2)8-10-22/h4,9,11-18,20-21H,2-3,5-8,10,19H2,1H3. The molecule has 1 aliphatic rings. The molecule has 4 rings (SSSR count). The fourth-order valence-electron chi connectivity index (χ4n) is 4.51. The largest absolute Gasteiger partial charge is 0.490 e. The van der Waals surface area contributed by atoms with E-state index in [1.54, 1.807) is 36.4 Å². The molecule has 0 radical (unpaired) electrons. The summed E-state index contributed by atoms with van der Waals surface area (Å²) < 4.78 is 49.7. The minimum absolute atomic E-state index is 0.0748. The molecule has 0 N–H and O–H groups in total. The lowest BCUT2D eigenvalue weighted by molar-refractivity contribution is 0.286. The normalized spacial score (nSPS) is 15.5. The summed E-state index contributed by atoms with van der Waals surface area (Å²) in [5, 5.41) is 0. The van der Waals surface area contributed by atoms with Crippen LogP contribution in [0.2, 0.25) is 0 Å². The van der Waals surface area contributed by atoms with Crippen LogP contribution in [0.15, 0.2) is 73.3 Å². The highest BCUT2D eigenvalue weighted by Crippen LogP contribution is 2.35. The topological polar surface area (TPSA) is 9.23 Å². The highest BCUT2D eigenvalue weighted by molar-refractivity contribution is 5.74. The molecule has 0 heterocycles. The van der Waals surface area contributed by atoms with E-state index >= 15 is 4.39 Å². The average Bonchev–Trinajstić information content (AvgIpc) is 2.89. The molecule has 1 unspecified atom stereocenters.